The molecule has 12 heteroatoms. The van der Waals surface area contributed by atoms with E-state index in [2.05, 4.69) is 25.1 Å². The zero-order valence-electron chi connectivity index (χ0n) is 22.3. The number of nitrogens with zero attached hydrogens (tertiary/aromatic N) is 4. The molecule has 208 valence electrons. The van der Waals surface area contributed by atoms with Crippen LogP contribution in [0.4, 0.5) is 10.6 Å². The standard InChI is InChI=1S/C27H33ClN6O5/c1-27(2,3)39-26(37)29-9-11-32-12-14-33(15-13-32)23-7-6-22(25(36)31-23)34-10-8-21(16-24(34)35)38-18-20-5-4-19(28)17-30-20/h4-8,10,16-17H,9,11-15,18H2,1-3H3,(H,29,37)(H,31,36). The van der Waals surface area contributed by atoms with Crippen LogP contribution >= 0.6 is 11.6 Å². The summed E-state index contributed by atoms with van der Waals surface area (Å²) in [6.45, 7) is 9.88. The Kier molecular flexibility index (Phi) is 8.93. The van der Waals surface area contributed by atoms with Crippen LogP contribution in [-0.4, -0.2) is 70.4 Å². The summed E-state index contributed by atoms with van der Waals surface area (Å²) in [5, 5.41) is 3.31. The highest BCUT2D eigenvalue weighted by atomic mass is 35.5. The highest BCUT2D eigenvalue weighted by molar-refractivity contribution is 6.30. The van der Waals surface area contributed by atoms with Crippen LogP contribution in [0, 0.1) is 0 Å². The first kappa shape index (κ1) is 28.2. The molecule has 3 aromatic rings. The van der Waals surface area contributed by atoms with Crippen LogP contribution in [0.25, 0.3) is 5.69 Å². The van der Waals surface area contributed by atoms with Gasteiger partial charge in [0.05, 0.1) is 10.7 Å². The third-order valence-electron chi connectivity index (χ3n) is 6.01. The van der Waals surface area contributed by atoms with Gasteiger partial charge in [-0.05, 0) is 51.1 Å². The smallest absolute Gasteiger partial charge is 0.407 e. The molecule has 0 spiro atoms. The third-order valence-corrected chi connectivity index (χ3v) is 6.23. The lowest BCUT2D eigenvalue weighted by Crippen LogP contribution is -2.49. The van der Waals surface area contributed by atoms with E-state index < -0.39 is 11.7 Å². The number of anilines is 1. The molecule has 0 aliphatic carbocycles. The minimum atomic E-state index is -0.524. The van der Waals surface area contributed by atoms with Crippen molar-refractivity contribution in [2.24, 2.45) is 0 Å². The van der Waals surface area contributed by atoms with E-state index in [1.807, 2.05) is 20.8 Å². The maximum absolute atomic E-state index is 12.9. The number of halogens is 1. The lowest BCUT2D eigenvalue weighted by atomic mass is 10.2. The number of carbonyl (C=O) groups is 1. The van der Waals surface area contributed by atoms with E-state index in [4.69, 9.17) is 21.1 Å². The maximum Gasteiger partial charge on any atom is 0.407 e. The van der Waals surface area contributed by atoms with Gasteiger partial charge < -0.3 is 24.7 Å². The van der Waals surface area contributed by atoms with Crippen LogP contribution < -0.4 is 26.1 Å². The van der Waals surface area contributed by atoms with Crippen molar-refractivity contribution in [3.05, 3.63) is 80.2 Å². The SMILES string of the molecule is CC(C)(C)OC(=O)NCCN1CCN(c2ccc(-n3ccc(OCc4ccc(Cl)cn4)cc3=O)c(=O)[nH]2)CC1. The Hall–Kier alpha value is -3.83. The Labute approximate surface area is 231 Å². The van der Waals surface area contributed by atoms with E-state index in [0.29, 0.717) is 35.4 Å². The molecule has 0 saturated carbocycles. The second-order valence-corrected chi connectivity index (χ2v) is 10.6. The summed E-state index contributed by atoms with van der Waals surface area (Å²) in [5.41, 5.74) is -0.374. The molecule has 11 nitrogen and oxygen atoms in total. The van der Waals surface area contributed by atoms with Crippen molar-refractivity contribution in [2.45, 2.75) is 33.0 Å². The molecule has 4 heterocycles. The zero-order valence-corrected chi connectivity index (χ0v) is 23.0. The molecule has 1 fully saturated rings. The van der Waals surface area contributed by atoms with Crippen molar-refractivity contribution in [1.29, 1.82) is 0 Å². The van der Waals surface area contributed by atoms with E-state index in [1.165, 1.54) is 23.0 Å². The molecule has 0 aromatic carbocycles. The minimum Gasteiger partial charge on any atom is -0.487 e. The number of H-pyrrole nitrogens is 1. The summed E-state index contributed by atoms with van der Waals surface area (Å²) in [6, 6.07) is 9.87. The molecule has 0 radical (unpaired) electrons. The highest BCUT2D eigenvalue weighted by Crippen LogP contribution is 2.15. The number of amides is 1. The molecule has 0 atom stereocenters. The summed E-state index contributed by atoms with van der Waals surface area (Å²) in [7, 11) is 0. The van der Waals surface area contributed by atoms with Gasteiger partial charge in [0, 0.05) is 57.7 Å². The summed E-state index contributed by atoms with van der Waals surface area (Å²) in [6.07, 6.45) is 2.62. The summed E-state index contributed by atoms with van der Waals surface area (Å²) < 4.78 is 12.2. The Bertz CT molecular complexity index is 1390. The molecule has 1 saturated heterocycles. The average Bonchev–Trinajstić information content (AvgIpc) is 2.88. The number of aromatic nitrogens is 3. The van der Waals surface area contributed by atoms with Crippen LogP contribution in [0.2, 0.25) is 5.02 Å². The van der Waals surface area contributed by atoms with Crippen molar-refractivity contribution in [1.82, 2.24) is 24.8 Å². The second kappa shape index (κ2) is 12.4. The Balaban J connectivity index is 1.30. The van der Waals surface area contributed by atoms with Gasteiger partial charge in [-0.25, -0.2) is 4.79 Å². The number of pyridine rings is 3. The molecule has 4 rings (SSSR count). The Morgan fingerprint density at radius 3 is 2.51 bits per heavy atom. The molecular formula is C27H33ClN6O5. The monoisotopic (exact) mass is 556 g/mol. The third kappa shape index (κ3) is 8.08. The number of hydrogen-bond acceptors (Lipinski definition) is 8. The Morgan fingerprint density at radius 2 is 1.87 bits per heavy atom. The fraction of sp³-hybridized carbons (Fsp3) is 0.407. The first-order valence-electron chi connectivity index (χ1n) is 12.7. The molecule has 2 N–H and O–H groups in total. The van der Waals surface area contributed by atoms with Gasteiger partial charge in [-0.2, -0.15) is 0 Å². The molecule has 39 heavy (non-hydrogen) atoms. The molecule has 0 unspecified atom stereocenters. The summed E-state index contributed by atoms with van der Waals surface area (Å²) in [5.74, 6) is 1.07. The summed E-state index contributed by atoms with van der Waals surface area (Å²) >= 11 is 5.84. The Morgan fingerprint density at radius 1 is 1.10 bits per heavy atom. The van der Waals surface area contributed by atoms with Gasteiger partial charge in [0.25, 0.3) is 11.1 Å². The maximum atomic E-state index is 12.9. The van der Waals surface area contributed by atoms with Crippen LogP contribution in [0.1, 0.15) is 26.5 Å². The molecule has 1 amide bonds. The molecule has 0 bridgehead atoms. The number of piperazine rings is 1. The van der Waals surface area contributed by atoms with Crippen LogP contribution in [0.15, 0.2) is 58.4 Å². The van der Waals surface area contributed by atoms with Gasteiger partial charge in [0.1, 0.15) is 29.5 Å². The fourth-order valence-electron chi connectivity index (χ4n) is 4.07. The normalized spacial score (nSPS) is 14.2. The van der Waals surface area contributed by atoms with Gasteiger partial charge in [-0.3, -0.25) is 24.0 Å². The zero-order chi connectivity index (χ0) is 28.0. The molecule has 3 aromatic heterocycles. The van der Waals surface area contributed by atoms with Crippen molar-refractivity contribution < 1.29 is 14.3 Å². The van der Waals surface area contributed by atoms with Gasteiger partial charge in [-0.15, -0.1) is 0 Å². The van der Waals surface area contributed by atoms with Crippen molar-refractivity contribution in [3.63, 3.8) is 0 Å². The number of nitrogens with one attached hydrogen (secondary N) is 2. The number of hydrogen-bond donors (Lipinski definition) is 2. The quantitative estimate of drug-likeness (QED) is 0.434. The summed E-state index contributed by atoms with van der Waals surface area (Å²) in [4.78, 5) is 48.8. The first-order valence-corrected chi connectivity index (χ1v) is 13.1. The topological polar surface area (TPSA) is 122 Å². The van der Waals surface area contributed by atoms with E-state index in [9.17, 15) is 14.4 Å². The second-order valence-electron chi connectivity index (χ2n) is 10.1. The van der Waals surface area contributed by atoms with Crippen LogP contribution in [-0.2, 0) is 11.3 Å². The van der Waals surface area contributed by atoms with E-state index >= 15 is 0 Å². The van der Waals surface area contributed by atoms with Crippen molar-refractivity contribution in [2.75, 3.05) is 44.2 Å². The lowest BCUT2D eigenvalue weighted by Gasteiger charge is -2.35. The van der Waals surface area contributed by atoms with Crippen LogP contribution in [0.5, 0.6) is 5.75 Å². The number of alkyl carbamates (subject to hydrolysis) is 1. The predicted octanol–water partition coefficient (Wildman–Crippen LogP) is 2.80. The number of aromatic amines is 1. The van der Waals surface area contributed by atoms with Gasteiger partial charge in [-0.1, -0.05) is 11.6 Å². The molecular weight excluding hydrogens is 524 g/mol. The molecule has 1 aliphatic heterocycles. The van der Waals surface area contributed by atoms with Crippen molar-refractivity contribution in [3.8, 4) is 11.4 Å². The number of carbonyl (C=O) groups excluding carboxylic acids is 1. The number of rotatable bonds is 8. The van der Waals surface area contributed by atoms with Gasteiger partial charge >= 0.3 is 6.09 Å². The van der Waals surface area contributed by atoms with Gasteiger partial charge in [0.15, 0.2) is 0 Å². The van der Waals surface area contributed by atoms with Crippen molar-refractivity contribution >= 4 is 23.5 Å². The van der Waals surface area contributed by atoms with E-state index in [0.717, 1.165) is 26.2 Å². The minimum absolute atomic E-state index is 0.184. The highest BCUT2D eigenvalue weighted by Gasteiger charge is 2.20. The fourth-order valence-corrected chi connectivity index (χ4v) is 4.18. The molecule has 1 aliphatic rings. The largest absolute Gasteiger partial charge is 0.487 e. The average molecular weight is 557 g/mol. The van der Waals surface area contributed by atoms with Gasteiger partial charge in [0.2, 0.25) is 0 Å². The first-order chi connectivity index (χ1) is 18.6. The van der Waals surface area contributed by atoms with E-state index in [-0.39, 0.29) is 23.4 Å². The predicted molar refractivity (Wildman–Crippen MR) is 149 cm³/mol. The van der Waals surface area contributed by atoms with Crippen LogP contribution in [0.3, 0.4) is 0 Å². The number of ether oxygens (including phenoxy) is 2. The lowest BCUT2D eigenvalue weighted by molar-refractivity contribution is 0.0521. The van der Waals surface area contributed by atoms with E-state index in [1.54, 1.807) is 30.3 Å².